The number of hydrogen-bond donors (Lipinski definition) is 0. The van der Waals surface area contributed by atoms with Crippen LogP contribution in [0.4, 0.5) is 0 Å². The number of aromatic nitrogens is 1. The Kier molecular flexibility index (Phi) is 4.22. The summed E-state index contributed by atoms with van der Waals surface area (Å²) in [7, 11) is 0. The molecule has 1 aliphatic heterocycles. The quantitative estimate of drug-likeness (QED) is 0.241. The summed E-state index contributed by atoms with van der Waals surface area (Å²) in [6.07, 6.45) is 0. The van der Waals surface area contributed by atoms with Crippen molar-refractivity contribution in [2.24, 2.45) is 0 Å². The van der Waals surface area contributed by atoms with Crippen molar-refractivity contribution in [3.63, 3.8) is 0 Å². The summed E-state index contributed by atoms with van der Waals surface area (Å²) in [6, 6.07) is 46.5. The second-order valence-corrected chi connectivity index (χ2v) is 10.4. The van der Waals surface area contributed by atoms with E-state index >= 15 is 0 Å². The van der Waals surface area contributed by atoms with Crippen LogP contribution in [0.5, 0.6) is 0 Å². The van der Waals surface area contributed by atoms with Crippen molar-refractivity contribution in [2.45, 2.75) is 9.79 Å². The normalized spacial score (nSPS) is 12.3. The highest BCUT2D eigenvalue weighted by molar-refractivity contribution is 7.99. The van der Waals surface area contributed by atoms with Crippen LogP contribution in [0.2, 0.25) is 0 Å². The molecular weight excluding hydrogens is 454 g/mol. The van der Waals surface area contributed by atoms with Gasteiger partial charge < -0.3 is 4.57 Å². The standard InChI is InChI=1S/C34H21NS/c1-4-15-29(35-30-16-5-2-12-25(30)26-13-3-6-17-31(26)35)24(11-1)23-19-20-32-28(21-23)27-14-7-9-22-10-8-18-33(36-32)34(22)27/h1-21H. The van der Waals surface area contributed by atoms with E-state index in [2.05, 4.69) is 132 Å². The fourth-order valence-corrected chi connectivity index (χ4v) is 6.95. The maximum absolute atomic E-state index is 2.42. The summed E-state index contributed by atoms with van der Waals surface area (Å²) >= 11 is 1.88. The van der Waals surface area contributed by atoms with Crippen LogP contribution in [0.15, 0.2) is 137 Å². The molecule has 7 aromatic rings. The van der Waals surface area contributed by atoms with Gasteiger partial charge in [-0.1, -0.05) is 103 Å². The summed E-state index contributed by atoms with van der Waals surface area (Å²) in [5.41, 5.74) is 8.80. The second-order valence-electron chi connectivity index (χ2n) is 9.36. The molecule has 0 fully saturated rings. The first-order chi connectivity index (χ1) is 17.9. The molecule has 168 valence electrons. The van der Waals surface area contributed by atoms with E-state index in [0.717, 1.165) is 0 Å². The Hall–Kier alpha value is -4.27. The molecule has 0 bridgehead atoms. The van der Waals surface area contributed by atoms with E-state index in [4.69, 9.17) is 0 Å². The van der Waals surface area contributed by atoms with Gasteiger partial charge in [0, 0.05) is 31.5 Å². The molecule has 0 spiro atoms. The minimum absolute atomic E-state index is 1.21. The van der Waals surface area contributed by atoms with Gasteiger partial charge in [0.2, 0.25) is 0 Å². The highest BCUT2D eigenvalue weighted by Gasteiger charge is 2.21. The Bertz CT molecular complexity index is 1920. The van der Waals surface area contributed by atoms with Gasteiger partial charge in [-0.25, -0.2) is 0 Å². The van der Waals surface area contributed by atoms with E-state index in [1.807, 2.05) is 11.8 Å². The zero-order chi connectivity index (χ0) is 23.6. The molecule has 36 heavy (non-hydrogen) atoms. The highest BCUT2D eigenvalue weighted by Crippen LogP contribution is 2.49. The van der Waals surface area contributed by atoms with Gasteiger partial charge in [-0.3, -0.25) is 0 Å². The third kappa shape index (κ3) is 2.79. The van der Waals surface area contributed by atoms with Crippen LogP contribution < -0.4 is 0 Å². The lowest BCUT2D eigenvalue weighted by Gasteiger charge is -2.21. The SMILES string of the molecule is c1ccc(-n2c3ccccc3c3ccccc32)c(-c2ccc3c(c2)-c2cccc4cccc(c24)S3)c1. The molecule has 0 N–H and O–H groups in total. The van der Waals surface area contributed by atoms with E-state index in [-0.39, 0.29) is 0 Å². The van der Waals surface area contributed by atoms with Crippen LogP contribution in [0.25, 0.3) is 60.5 Å². The summed E-state index contributed by atoms with van der Waals surface area (Å²) < 4.78 is 2.42. The van der Waals surface area contributed by atoms with Crippen molar-refractivity contribution in [1.29, 1.82) is 0 Å². The van der Waals surface area contributed by atoms with Crippen LogP contribution >= 0.6 is 11.8 Å². The van der Waals surface area contributed by atoms with Crippen molar-refractivity contribution >= 4 is 44.3 Å². The first kappa shape index (κ1) is 20.0. The minimum atomic E-state index is 1.21. The van der Waals surface area contributed by atoms with Gasteiger partial charge in [0.25, 0.3) is 0 Å². The lowest BCUT2D eigenvalue weighted by molar-refractivity contribution is 1.18. The number of para-hydroxylation sites is 3. The van der Waals surface area contributed by atoms with Gasteiger partial charge in [0.1, 0.15) is 0 Å². The summed E-state index contributed by atoms with van der Waals surface area (Å²) in [6.45, 7) is 0. The van der Waals surface area contributed by atoms with Gasteiger partial charge in [-0.2, -0.15) is 0 Å². The molecule has 2 heteroatoms. The first-order valence-electron chi connectivity index (χ1n) is 12.3. The highest BCUT2D eigenvalue weighted by atomic mass is 32.2. The Labute approximate surface area is 213 Å². The molecule has 0 radical (unpaired) electrons. The first-order valence-corrected chi connectivity index (χ1v) is 13.1. The number of benzene rings is 6. The fraction of sp³-hybridized carbons (Fsp3) is 0. The monoisotopic (exact) mass is 475 g/mol. The van der Waals surface area contributed by atoms with Crippen LogP contribution in [0.1, 0.15) is 0 Å². The fourth-order valence-electron chi connectivity index (χ4n) is 5.83. The van der Waals surface area contributed by atoms with Gasteiger partial charge in [0.15, 0.2) is 0 Å². The molecule has 8 rings (SSSR count). The molecule has 1 aliphatic rings. The number of hydrogen-bond acceptors (Lipinski definition) is 1. The van der Waals surface area contributed by atoms with E-state index in [1.165, 1.54) is 70.3 Å². The Balaban J connectivity index is 1.39. The molecule has 0 saturated heterocycles. The lowest BCUT2D eigenvalue weighted by atomic mass is 9.94. The second kappa shape index (κ2) is 7.61. The molecule has 6 aromatic carbocycles. The maximum atomic E-state index is 2.42. The zero-order valence-electron chi connectivity index (χ0n) is 19.5. The predicted molar refractivity (Wildman–Crippen MR) is 153 cm³/mol. The van der Waals surface area contributed by atoms with Crippen molar-refractivity contribution in [3.05, 3.63) is 127 Å². The van der Waals surface area contributed by atoms with Crippen molar-refractivity contribution in [1.82, 2.24) is 4.57 Å². The third-order valence-corrected chi connectivity index (χ3v) is 8.53. The Morgan fingerprint density at radius 1 is 0.472 bits per heavy atom. The van der Waals surface area contributed by atoms with Crippen molar-refractivity contribution in [3.8, 4) is 27.9 Å². The van der Waals surface area contributed by atoms with Crippen LogP contribution in [-0.2, 0) is 0 Å². The van der Waals surface area contributed by atoms with Crippen LogP contribution in [-0.4, -0.2) is 4.57 Å². The van der Waals surface area contributed by atoms with Crippen molar-refractivity contribution < 1.29 is 0 Å². The Morgan fingerprint density at radius 2 is 1.14 bits per heavy atom. The van der Waals surface area contributed by atoms with Crippen molar-refractivity contribution in [2.75, 3.05) is 0 Å². The van der Waals surface area contributed by atoms with Gasteiger partial charge in [0.05, 0.1) is 16.7 Å². The lowest BCUT2D eigenvalue weighted by Crippen LogP contribution is -1.98. The molecule has 0 aliphatic carbocycles. The minimum Gasteiger partial charge on any atom is -0.309 e. The van der Waals surface area contributed by atoms with Gasteiger partial charge >= 0.3 is 0 Å². The average Bonchev–Trinajstić information content (AvgIpc) is 3.28. The smallest absolute Gasteiger partial charge is 0.0541 e. The van der Waals surface area contributed by atoms with Gasteiger partial charge in [-0.05, 0) is 58.5 Å². The zero-order valence-corrected chi connectivity index (χ0v) is 20.3. The summed E-state index contributed by atoms with van der Waals surface area (Å²) in [5.74, 6) is 0. The maximum Gasteiger partial charge on any atom is 0.0541 e. The van der Waals surface area contributed by atoms with E-state index in [0.29, 0.717) is 0 Å². The molecule has 1 aromatic heterocycles. The van der Waals surface area contributed by atoms with Crippen LogP contribution in [0, 0.1) is 0 Å². The van der Waals surface area contributed by atoms with Crippen LogP contribution in [0.3, 0.4) is 0 Å². The van der Waals surface area contributed by atoms with E-state index < -0.39 is 0 Å². The molecular formula is C34H21NS. The molecule has 2 heterocycles. The predicted octanol–water partition coefficient (Wildman–Crippen LogP) is 9.74. The molecule has 0 atom stereocenters. The molecule has 0 amide bonds. The van der Waals surface area contributed by atoms with E-state index in [9.17, 15) is 0 Å². The number of nitrogens with zero attached hydrogens (tertiary/aromatic N) is 1. The summed E-state index contributed by atoms with van der Waals surface area (Å²) in [4.78, 5) is 2.66. The van der Waals surface area contributed by atoms with Gasteiger partial charge in [-0.15, -0.1) is 0 Å². The van der Waals surface area contributed by atoms with E-state index in [1.54, 1.807) is 0 Å². The number of rotatable bonds is 2. The topological polar surface area (TPSA) is 4.93 Å². The Morgan fingerprint density at radius 3 is 1.94 bits per heavy atom. The average molecular weight is 476 g/mol. The number of fused-ring (bicyclic) bond motifs is 5. The molecule has 0 saturated carbocycles. The molecule has 1 nitrogen and oxygen atoms in total. The third-order valence-electron chi connectivity index (χ3n) is 7.39. The molecule has 0 unspecified atom stereocenters. The largest absolute Gasteiger partial charge is 0.309 e. The summed E-state index contributed by atoms with van der Waals surface area (Å²) in [5, 5.41) is 5.24.